The number of fused-ring (bicyclic) bond motifs is 1. The molecule has 0 radical (unpaired) electrons. The predicted octanol–water partition coefficient (Wildman–Crippen LogP) is 1.22. The maximum absolute atomic E-state index is 14.1. The lowest BCUT2D eigenvalue weighted by molar-refractivity contribution is 0.356. The van der Waals surface area contributed by atoms with Gasteiger partial charge in [0.25, 0.3) is 0 Å². The molecule has 1 heterocycles. The predicted molar refractivity (Wildman–Crippen MR) is 96.2 cm³/mol. The van der Waals surface area contributed by atoms with Gasteiger partial charge in [-0.15, -0.1) is 0 Å². The van der Waals surface area contributed by atoms with Crippen molar-refractivity contribution in [3.63, 3.8) is 0 Å². The van der Waals surface area contributed by atoms with Crippen LogP contribution in [-0.4, -0.2) is 41.4 Å². The molecule has 0 spiro atoms. The zero-order valence-electron chi connectivity index (χ0n) is 14.5. The summed E-state index contributed by atoms with van der Waals surface area (Å²) >= 11 is 0. The maximum Gasteiger partial charge on any atom is 0.488 e. The third-order valence-corrected chi connectivity index (χ3v) is 4.03. The molecule has 0 fully saturated rings. The quantitative estimate of drug-likeness (QED) is 0.558. The normalized spacial score (nSPS) is 10.7. The summed E-state index contributed by atoms with van der Waals surface area (Å²) in [5, 5.41) is 21.6. The molecule has 7 nitrogen and oxygen atoms in total. The van der Waals surface area contributed by atoms with Crippen LogP contribution in [0.5, 0.6) is 11.5 Å². The topological polar surface area (TPSA) is 96.7 Å². The molecule has 0 aliphatic rings. The van der Waals surface area contributed by atoms with Crippen LogP contribution >= 0.6 is 0 Å². The van der Waals surface area contributed by atoms with E-state index in [2.05, 4.69) is 15.3 Å². The van der Waals surface area contributed by atoms with Gasteiger partial charge in [-0.3, -0.25) is 0 Å². The van der Waals surface area contributed by atoms with E-state index in [1.54, 1.807) is 12.1 Å². The first-order chi connectivity index (χ1) is 12.9. The highest BCUT2D eigenvalue weighted by Crippen LogP contribution is 2.33. The molecule has 0 atom stereocenters. The number of ether oxygens (including phenoxy) is 2. The molecule has 2 aromatic carbocycles. The van der Waals surface area contributed by atoms with E-state index >= 15 is 0 Å². The van der Waals surface area contributed by atoms with Crippen molar-refractivity contribution in [1.82, 2.24) is 9.97 Å². The first kappa shape index (κ1) is 18.8. The minimum atomic E-state index is -1.95. The molecule has 10 heteroatoms. The molecule has 0 amide bonds. The van der Waals surface area contributed by atoms with Crippen LogP contribution in [0.1, 0.15) is 5.56 Å². The van der Waals surface area contributed by atoms with Gasteiger partial charge in [0.05, 0.1) is 19.7 Å². The monoisotopic (exact) mass is 375 g/mol. The lowest BCUT2D eigenvalue weighted by Gasteiger charge is -2.13. The van der Waals surface area contributed by atoms with E-state index in [1.165, 1.54) is 20.5 Å². The van der Waals surface area contributed by atoms with Gasteiger partial charge >= 0.3 is 7.12 Å². The fraction of sp³-hybridized carbons (Fsp3) is 0.176. The Morgan fingerprint density at radius 3 is 2.22 bits per heavy atom. The Bertz CT molecular complexity index is 965. The minimum Gasteiger partial charge on any atom is -0.493 e. The highest BCUT2D eigenvalue weighted by atomic mass is 19.1. The van der Waals surface area contributed by atoms with E-state index in [9.17, 15) is 8.78 Å². The second-order valence-corrected chi connectivity index (χ2v) is 5.64. The van der Waals surface area contributed by atoms with Crippen molar-refractivity contribution >= 4 is 29.3 Å². The van der Waals surface area contributed by atoms with Gasteiger partial charge in [0.1, 0.15) is 23.8 Å². The van der Waals surface area contributed by atoms with Gasteiger partial charge in [-0.25, -0.2) is 18.7 Å². The summed E-state index contributed by atoms with van der Waals surface area (Å²) in [5.41, 5.74) is 0.0366. The smallest absolute Gasteiger partial charge is 0.488 e. The molecule has 27 heavy (non-hydrogen) atoms. The van der Waals surface area contributed by atoms with Crippen molar-refractivity contribution in [2.75, 3.05) is 19.5 Å². The molecule has 1 aromatic heterocycles. The van der Waals surface area contributed by atoms with Crippen LogP contribution in [0.4, 0.5) is 14.6 Å². The Hall–Kier alpha value is -2.98. The fourth-order valence-electron chi connectivity index (χ4n) is 2.64. The number of halogens is 2. The number of rotatable bonds is 6. The second-order valence-electron chi connectivity index (χ2n) is 5.64. The largest absolute Gasteiger partial charge is 0.493 e. The molecule has 0 saturated heterocycles. The summed E-state index contributed by atoms with van der Waals surface area (Å²) in [6, 6.07) is 5.07. The van der Waals surface area contributed by atoms with E-state index in [0.717, 1.165) is 12.1 Å². The number of methoxy groups -OCH3 is 2. The fourth-order valence-corrected chi connectivity index (χ4v) is 2.64. The van der Waals surface area contributed by atoms with E-state index in [4.69, 9.17) is 19.5 Å². The van der Waals surface area contributed by atoms with Crippen molar-refractivity contribution in [2.45, 2.75) is 6.54 Å². The molecule has 140 valence electrons. The highest BCUT2D eigenvalue weighted by molar-refractivity contribution is 6.58. The van der Waals surface area contributed by atoms with E-state index in [1.807, 2.05) is 0 Å². The van der Waals surface area contributed by atoms with Gasteiger partial charge in [-0.1, -0.05) is 0 Å². The van der Waals surface area contributed by atoms with Gasteiger partial charge in [0.2, 0.25) is 0 Å². The molecule has 3 aromatic rings. The number of aromatic nitrogens is 2. The van der Waals surface area contributed by atoms with Crippen LogP contribution in [0.2, 0.25) is 0 Å². The van der Waals surface area contributed by atoms with Crippen LogP contribution < -0.4 is 20.3 Å². The zero-order valence-corrected chi connectivity index (χ0v) is 14.5. The Morgan fingerprint density at radius 1 is 1.00 bits per heavy atom. The van der Waals surface area contributed by atoms with Crippen LogP contribution in [0, 0.1) is 11.6 Å². The molecule has 3 N–H and O–H groups in total. The van der Waals surface area contributed by atoms with Gasteiger partial charge in [-0.05, 0) is 23.7 Å². The standard InChI is InChI=1S/C17H16BF2N3O4/c1-26-15-5-10-14(6-16(15)27-2)22-8-23-17(10)21-7-11-12(19)3-9(18(24)25)4-13(11)20/h3-6,8,24-25H,7H2,1-2H3,(H,21,22,23). The van der Waals surface area contributed by atoms with Crippen molar-refractivity contribution in [2.24, 2.45) is 0 Å². The molecule has 0 aliphatic heterocycles. The van der Waals surface area contributed by atoms with Gasteiger partial charge in [-0.2, -0.15) is 0 Å². The molecule has 0 saturated carbocycles. The molecule has 0 bridgehead atoms. The first-order valence-electron chi connectivity index (χ1n) is 7.89. The number of hydrogen-bond acceptors (Lipinski definition) is 7. The minimum absolute atomic E-state index is 0.208. The lowest BCUT2D eigenvalue weighted by Crippen LogP contribution is -2.31. The average Bonchev–Trinajstić information content (AvgIpc) is 2.65. The average molecular weight is 375 g/mol. The first-order valence-corrected chi connectivity index (χ1v) is 7.89. The van der Waals surface area contributed by atoms with E-state index in [-0.39, 0.29) is 17.6 Å². The van der Waals surface area contributed by atoms with Gasteiger partial charge in [0, 0.05) is 23.6 Å². The summed E-state index contributed by atoms with van der Waals surface area (Å²) in [4.78, 5) is 8.27. The van der Waals surface area contributed by atoms with Crippen LogP contribution in [0.25, 0.3) is 10.9 Å². The van der Waals surface area contributed by atoms with Crippen LogP contribution in [0.3, 0.4) is 0 Å². The summed E-state index contributed by atoms with van der Waals surface area (Å²) in [6.07, 6.45) is 1.31. The maximum atomic E-state index is 14.1. The Labute approximate surface area is 153 Å². The SMILES string of the molecule is COc1cc2ncnc(NCc3c(F)cc(B(O)O)cc3F)c2cc1OC. The number of hydrogen-bond donors (Lipinski definition) is 3. The zero-order chi connectivity index (χ0) is 19.6. The lowest BCUT2D eigenvalue weighted by atomic mass is 9.80. The highest BCUT2D eigenvalue weighted by Gasteiger charge is 2.18. The molecular weight excluding hydrogens is 359 g/mol. The Kier molecular flexibility index (Phi) is 5.38. The molecule has 0 unspecified atom stereocenters. The number of anilines is 1. The van der Waals surface area contributed by atoms with E-state index in [0.29, 0.717) is 28.2 Å². The van der Waals surface area contributed by atoms with Crippen molar-refractivity contribution in [3.8, 4) is 11.5 Å². The summed E-state index contributed by atoms with van der Waals surface area (Å²) in [6.45, 7) is -0.208. The van der Waals surface area contributed by atoms with Crippen molar-refractivity contribution in [3.05, 3.63) is 47.8 Å². The molecular formula is C17H16BF2N3O4. The third-order valence-electron chi connectivity index (χ3n) is 4.03. The number of benzene rings is 2. The third kappa shape index (κ3) is 3.76. The van der Waals surface area contributed by atoms with E-state index < -0.39 is 18.8 Å². The molecule has 0 aliphatic carbocycles. The summed E-state index contributed by atoms with van der Waals surface area (Å²) in [7, 11) is 1.04. The van der Waals surface area contributed by atoms with Crippen LogP contribution in [0.15, 0.2) is 30.6 Å². The van der Waals surface area contributed by atoms with Crippen molar-refractivity contribution in [1.29, 1.82) is 0 Å². The van der Waals surface area contributed by atoms with Gasteiger partial charge in [0.15, 0.2) is 11.5 Å². The Balaban J connectivity index is 1.94. The number of nitrogens with zero attached hydrogens (tertiary/aromatic N) is 2. The van der Waals surface area contributed by atoms with Crippen LogP contribution in [-0.2, 0) is 6.54 Å². The number of nitrogens with one attached hydrogen (secondary N) is 1. The molecule has 3 rings (SSSR count). The Morgan fingerprint density at radius 2 is 1.63 bits per heavy atom. The second kappa shape index (κ2) is 7.72. The summed E-state index contributed by atoms with van der Waals surface area (Å²) < 4.78 is 38.8. The van der Waals surface area contributed by atoms with Crippen molar-refractivity contribution < 1.29 is 28.3 Å². The van der Waals surface area contributed by atoms with Gasteiger partial charge < -0.3 is 24.8 Å². The summed E-state index contributed by atoms with van der Waals surface area (Å²) in [5.74, 6) is -0.496.